The van der Waals surface area contributed by atoms with E-state index in [4.69, 9.17) is 10.6 Å². The second kappa shape index (κ2) is 4.39. The molecule has 0 amide bonds. The minimum Gasteiger partial charge on any atom is -0.396 e. The van der Waals surface area contributed by atoms with E-state index in [1.807, 2.05) is 0 Å². The Morgan fingerprint density at radius 1 is 1.69 bits per heavy atom. The third-order valence-corrected chi connectivity index (χ3v) is 1.46. The summed E-state index contributed by atoms with van der Waals surface area (Å²) in [6.07, 6.45) is 1.00. The van der Waals surface area contributed by atoms with Gasteiger partial charge in [0, 0.05) is 4.91 Å². The first-order valence-corrected chi connectivity index (χ1v) is 3.54. The van der Waals surface area contributed by atoms with Crippen LogP contribution in [0.2, 0.25) is 0 Å². The van der Waals surface area contributed by atoms with Crippen LogP contribution in [-0.2, 0) is 0 Å². The molecular formula is C7H7FN4O. The quantitative estimate of drug-likeness (QED) is 0.437. The molecule has 1 N–H and O–H groups in total. The number of aromatic nitrogens is 1. The van der Waals surface area contributed by atoms with Crippen molar-refractivity contribution in [1.82, 2.24) is 4.98 Å². The molecule has 1 atom stereocenters. The third-order valence-electron chi connectivity index (χ3n) is 1.46. The Hall–Kier alpha value is -1.65. The van der Waals surface area contributed by atoms with Gasteiger partial charge in [0.25, 0.3) is 0 Å². The SMILES string of the molecule is [N-]=[N+]=NC(CO)c1ccc(F)cn1. The Bertz CT molecular complexity index is 320. The molecule has 1 unspecified atom stereocenters. The van der Waals surface area contributed by atoms with E-state index in [0.717, 1.165) is 6.20 Å². The van der Waals surface area contributed by atoms with Crippen LogP contribution in [0.15, 0.2) is 23.4 Å². The van der Waals surface area contributed by atoms with Gasteiger partial charge in [-0.05, 0) is 17.7 Å². The zero-order valence-corrected chi connectivity index (χ0v) is 6.63. The van der Waals surface area contributed by atoms with Gasteiger partial charge in [-0.25, -0.2) is 4.39 Å². The molecule has 0 spiro atoms. The van der Waals surface area contributed by atoms with Crippen LogP contribution in [0.4, 0.5) is 4.39 Å². The van der Waals surface area contributed by atoms with Gasteiger partial charge in [0.15, 0.2) is 0 Å². The van der Waals surface area contributed by atoms with Crippen LogP contribution >= 0.6 is 0 Å². The zero-order chi connectivity index (χ0) is 9.68. The molecule has 0 radical (unpaired) electrons. The van der Waals surface area contributed by atoms with E-state index in [2.05, 4.69) is 15.0 Å². The summed E-state index contributed by atoms with van der Waals surface area (Å²) in [5, 5.41) is 12.1. The van der Waals surface area contributed by atoms with Gasteiger partial charge in [-0.1, -0.05) is 5.11 Å². The number of halogens is 1. The van der Waals surface area contributed by atoms with Gasteiger partial charge in [0.2, 0.25) is 0 Å². The van der Waals surface area contributed by atoms with Gasteiger partial charge in [-0.3, -0.25) is 4.98 Å². The first-order chi connectivity index (χ1) is 6.27. The highest BCUT2D eigenvalue weighted by molar-refractivity contribution is 5.09. The van der Waals surface area contributed by atoms with E-state index < -0.39 is 11.9 Å². The zero-order valence-electron chi connectivity index (χ0n) is 6.63. The van der Waals surface area contributed by atoms with E-state index in [1.54, 1.807) is 0 Å². The Labute approximate surface area is 73.5 Å². The monoisotopic (exact) mass is 182 g/mol. The van der Waals surface area contributed by atoms with E-state index in [9.17, 15) is 4.39 Å². The predicted molar refractivity (Wildman–Crippen MR) is 43.2 cm³/mol. The Kier molecular flexibility index (Phi) is 3.19. The molecule has 1 aromatic rings. The van der Waals surface area contributed by atoms with Crippen LogP contribution in [0.25, 0.3) is 10.4 Å². The van der Waals surface area contributed by atoms with Gasteiger partial charge in [-0.2, -0.15) is 0 Å². The summed E-state index contributed by atoms with van der Waals surface area (Å²) in [5.41, 5.74) is 8.48. The fraction of sp³-hybridized carbons (Fsp3) is 0.286. The smallest absolute Gasteiger partial charge is 0.141 e. The number of rotatable bonds is 3. The summed E-state index contributed by atoms with van der Waals surface area (Å²) < 4.78 is 12.4. The summed E-state index contributed by atoms with van der Waals surface area (Å²) in [6, 6.07) is 1.81. The standard InChI is InChI=1S/C7H7FN4O/c8-5-1-2-6(10-3-5)7(4-13)11-12-9/h1-3,7,13H,4H2. The van der Waals surface area contributed by atoms with Crippen LogP contribution in [0.1, 0.15) is 11.7 Å². The summed E-state index contributed by atoms with van der Waals surface area (Å²) >= 11 is 0. The van der Waals surface area contributed by atoms with E-state index >= 15 is 0 Å². The van der Waals surface area contributed by atoms with Crippen LogP contribution < -0.4 is 0 Å². The normalized spacial score (nSPS) is 11.8. The van der Waals surface area contributed by atoms with Crippen LogP contribution in [0.3, 0.4) is 0 Å². The Balaban J connectivity index is 2.91. The van der Waals surface area contributed by atoms with Crippen molar-refractivity contribution in [2.45, 2.75) is 6.04 Å². The van der Waals surface area contributed by atoms with Gasteiger partial charge in [0.1, 0.15) is 11.9 Å². The van der Waals surface area contributed by atoms with E-state index in [1.165, 1.54) is 12.1 Å². The van der Waals surface area contributed by atoms with Crippen molar-refractivity contribution in [3.63, 3.8) is 0 Å². The lowest BCUT2D eigenvalue weighted by atomic mass is 10.2. The highest BCUT2D eigenvalue weighted by Crippen LogP contribution is 2.13. The number of azide groups is 1. The van der Waals surface area contributed by atoms with Gasteiger partial charge in [-0.15, -0.1) is 0 Å². The Morgan fingerprint density at radius 3 is 2.92 bits per heavy atom. The minimum absolute atomic E-state index is 0.345. The lowest BCUT2D eigenvalue weighted by Gasteiger charge is -2.05. The lowest BCUT2D eigenvalue weighted by Crippen LogP contribution is -2.02. The second-order valence-electron chi connectivity index (χ2n) is 2.30. The summed E-state index contributed by atoms with van der Waals surface area (Å²) in [6.45, 7) is -0.345. The van der Waals surface area contributed by atoms with Gasteiger partial charge in [0.05, 0.1) is 18.5 Å². The first kappa shape index (κ1) is 9.44. The van der Waals surface area contributed by atoms with Crippen LogP contribution in [-0.4, -0.2) is 16.7 Å². The number of aliphatic hydroxyl groups is 1. The van der Waals surface area contributed by atoms with E-state index in [0.29, 0.717) is 5.69 Å². The largest absolute Gasteiger partial charge is 0.396 e. The molecule has 5 nitrogen and oxygen atoms in total. The minimum atomic E-state index is -0.745. The maximum Gasteiger partial charge on any atom is 0.141 e. The first-order valence-electron chi connectivity index (χ1n) is 3.54. The summed E-state index contributed by atoms with van der Waals surface area (Å²) in [4.78, 5) is 6.21. The molecule has 0 aromatic carbocycles. The highest BCUT2D eigenvalue weighted by Gasteiger charge is 2.08. The molecule has 13 heavy (non-hydrogen) atoms. The number of nitrogens with zero attached hydrogens (tertiary/aromatic N) is 4. The molecule has 0 saturated carbocycles. The number of aliphatic hydroxyl groups excluding tert-OH is 1. The molecule has 6 heteroatoms. The van der Waals surface area contributed by atoms with Crippen molar-refractivity contribution in [2.24, 2.45) is 5.11 Å². The summed E-state index contributed by atoms with van der Waals surface area (Å²) in [5.74, 6) is -0.471. The van der Waals surface area contributed by atoms with Crippen LogP contribution in [0.5, 0.6) is 0 Å². The fourth-order valence-corrected chi connectivity index (χ4v) is 0.836. The van der Waals surface area contributed by atoms with Crippen molar-refractivity contribution in [2.75, 3.05) is 6.61 Å². The lowest BCUT2D eigenvalue weighted by molar-refractivity contribution is 0.265. The van der Waals surface area contributed by atoms with Gasteiger partial charge >= 0.3 is 0 Å². The number of hydrogen-bond donors (Lipinski definition) is 1. The van der Waals surface area contributed by atoms with Crippen molar-refractivity contribution >= 4 is 0 Å². The molecule has 0 aliphatic carbocycles. The molecule has 1 rings (SSSR count). The van der Waals surface area contributed by atoms with E-state index in [-0.39, 0.29) is 6.61 Å². The number of hydrogen-bond acceptors (Lipinski definition) is 3. The summed E-state index contributed by atoms with van der Waals surface area (Å²) in [7, 11) is 0. The average Bonchev–Trinajstić information content (AvgIpc) is 2.16. The van der Waals surface area contributed by atoms with Crippen molar-refractivity contribution in [1.29, 1.82) is 0 Å². The molecule has 1 heterocycles. The molecule has 0 bridgehead atoms. The highest BCUT2D eigenvalue weighted by atomic mass is 19.1. The molecule has 0 fully saturated rings. The third kappa shape index (κ3) is 2.40. The fourth-order valence-electron chi connectivity index (χ4n) is 0.836. The molecule has 0 aliphatic heterocycles. The molecular weight excluding hydrogens is 175 g/mol. The molecule has 68 valence electrons. The Morgan fingerprint density at radius 2 is 2.46 bits per heavy atom. The van der Waals surface area contributed by atoms with Gasteiger partial charge < -0.3 is 5.11 Å². The number of pyridine rings is 1. The maximum atomic E-state index is 12.4. The van der Waals surface area contributed by atoms with Crippen molar-refractivity contribution in [3.8, 4) is 0 Å². The molecule has 1 aromatic heterocycles. The topological polar surface area (TPSA) is 81.9 Å². The molecule has 0 aliphatic rings. The second-order valence-corrected chi connectivity index (χ2v) is 2.30. The molecule has 0 saturated heterocycles. The van der Waals surface area contributed by atoms with Crippen molar-refractivity contribution in [3.05, 3.63) is 40.3 Å². The van der Waals surface area contributed by atoms with Crippen molar-refractivity contribution < 1.29 is 9.50 Å². The van der Waals surface area contributed by atoms with Crippen LogP contribution in [0, 0.1) is 5.82 Å². The average molecular weight is 182 g/mol. The maximum absolute atomic E-state index is 12.4. The predicted octanol–water partition coefficient (Wildman–Crippen LogP) is 1.56.